The van der Waals surface area contributed by atoms with Gasteiger partial charge >= 0.3 is 0 Å². The Morgan fingerprint density at radius 3 is 2.78 bits per heavy atom. The highest BCUT2D eigenvalue weighted by Gasteiger charge is 2.22. The number of morpholine rings is 1. The number of ether oxygens (including phenoxy) is 1. The lowest BCUT2D eigenvalue weighted by Crippen LogP contribution is -2.48. The molecule has 5 heteroatoms. The number of hydrogen-bond acceptors (Lipinski definition) is 2. The highest BCUT2D eigenvalue weighted by molar-refractivity contribution is 14.0. The van der Waals surface area contributed by atoms with Gasteiger partial charge in [0.05, 0.1) is 12.7 Å². The van der Waals surface area contributed by atoms with E-state index in [1.165, 1.54) is 19.3 Å². The molecule has 1 heterocycles. The molecule has 0 aromatic rings. The third kappa shape index (κ3) is 4.57. The highest BCUT2D eigenvalue weighted by atomic mass is 127. The first-order valence-electron chi connectivity index (χ1n) is 6.81. The van der Waals surface area contributed by atoms with Crippen molar-refractivity contribution in [2.24, 2.45) is 22.6 Å². The smallest absolute Gasteiger partial charge is 0.191 e. The molecule has 0 aromatic carbocycles. The number of guanidine groups is 1. The van der Waals surface area contributed by atoms with Crippen molar-refractivity contribution >= 4 is 29.9 Å². The van der Waals surface area contributed by atoms with E-state index < -0.39 is 0 Å². The van der Waals surface area contributed by atoms with Gasteiger partial charge in [-0.05, 0) is 31.6 Å². The molecule has 0 aromatic heterocycles. The third-order valence-electron chi connectivity index (χ3n) is 3.88. The minimum absolute atomic E-state index is 0. The van der Waals surface area contributed by atoms with Crippen LogP contribution in [0.1, 0.15) is 33.1 Å². The summed E-state index contributed by atoms with van der Waals surface area (Å²) in [5.41, 5.74) is 6.04. The average molecular weight is 367 g/mol. The van der Waals surface area contributed by atoms with Gasteiger partial charge in [0, 0.05) is 19.6 Å². The van der Waals surface area contributed by atoms with Gasteiger partial charge in [-0.15, -0.1) is 24.0 Å². The fraction of sp³-hybridized carbons (Fsp3) is 0.923. The molecule has 1 aliphatic carbocycles. The van der Waals surface area contributed by atoms with Gasteiger partial charge in [0.15, 0.2) is 5.96 Å². The van der Waals surface area contributed by atoms with Crippen molar-refractivity contribution in [3.63, 3.8) is 0 Å². The standard InChI is InChI=1S/C13H25N3O.HI/c1-10-3-4-12(7-10)8-15-13(14)16-5-6-17-11(2)9-16;/h10-12H,3-9H2,1-2H3,(H2,14,15);1H. The van der Waals surface area contributed by atoms with E-state index in [1.54, 1.807) is 0 Å². The largest absolute Gasteiger partial charge is 0.375 e. The molecule has 0 radical (unpaired) electrons. The summed E-state index contributed by atoms with van der Waals surface area (Å²) >= 11 is 0. The van der Waals surface area contributed by atoms with E-state index in [4.69, 9.17) is 10.5 Å². The number of nitrogens with two attached hydrogens (primary N) is 1. The van der Waals surface area contributed by atoms with Crippen molar-refractivity contribution in [2.45, 2.75) is 39.2 Å². The zero-order valence-corrected chi connectivity index (χ0v) is 13.8. The Labute approximate surface area is 127 Å². The van der Waals surface area contributed by atoms with Crippen LogP contribution in [-0.2, 0) is 4.74 Å². The van der Waals surface area contributed by atoms with Crippen molar-refractivity contribution in [3.05, 3.63) is 0 Å². The molecule has 0 spiro atoms. The van der Waals surface area contributed by atoms with Gasteiger partial charge in [0.1, 0.15) is 0 Å². The Balaban J connectivity index is 0.00000162. The van der Waals surface area contributed by atoms with Crippen molar-refractivity contribution in [1.29, 1.82) is 0 Å². The van der Waals surface area contributed by atoms with Crippen LogP contribution in [0.4, 0.5) is 0 Å². The van der Waals surface area contributed by atoms with E-state index in [2.05, 4.69) is 23.7 Å². The monoisotopic (exact) mass is 367 g/mol. The predicted octanol–water partition coefficient (Wildman–Crippen LogP) is 2.08. The average Bonchev–Trinajstić information content (AvgIpc) is 2.72. The van der Waals surface area contributed by atoms with Crippen LogP contribution in [0.2, 0.25) is 0 Å². The van der Waals surface area contributed by atoms with E-state index in [-0.39, 0.29) is 30.1 Å². The zero-order valence-electron chi connectivity index (χ0n) is 11.5. The van der Waals surface area contributed by atoms with Crippen LogP contribution in [0, 0.1) is 11.8 Å². The van der Waals surface area contributed by atoms with Gasteiger partial charge in [-0.3, -0.25) is 4.99 Å². The van der Waals surface area contributed by atoms with Crippen LogP contribution >= 0.6 is 24.0 Å². The molecule has 1 saturated heterocycles. The summed E-state index contributed by atoms with van der Waals surface area (Å²) in [6.07, 6.45) is 4.26. The molecule has 0 bridgehead atoms. The molecular formula is C13H26IN3O. The normalized spacial score (nSPS) is 33.3. The molecule has 18 heavy (non-hydrogen) atoms. The van der Waals surface area contributed by atoms with E-state index in [9.17, 15) is 0 Å². The second-order valence-corrected chi connectivity index (χ2v) is 5.61. The summed E-state index contributed by atoms with van der Waals surface area (Å²) < 4.78 is 5.50. The van der Waals surface area contributed by atoms with Crippen LogP contribution in [0.25, 0.3) is 0 Å². The molecule has 106 valence electrons. The lowest BCUT2D eigenvalue weighted by Gasteiger charge is -2.32. The fourth-order valence-electron chi connectivity index (χ4n) is 2.84. The van der Waals surface area contributed by atoms with Crippen LogP contribution < -0.4 is 5.73 Å². The molecule has 2 rings (SSSR count). The summed E-state index contributed by atoms with van der Waals surface area (Å²) in [5.74, 6) is 2.33. The number of rotatable bonds is 2. The second kappa shape index (κ2) is 7.53. The molecule has 2 aliphatic rings. The first-order chi connectivity index (χ1) is 8.15. The van der Waals surface area contributed by atoms with Gasteiger partial charge in [-0.2, -0.15) is 0 Å². The number of nitrogens with zero attached hydrogens (tertiary/aromatic N) is 2. The SMILES string of the molecule is CC1CCC(CN=C(N)N2CCOC(C)C2)C1.I. The lowest BCUT2D eigenvalue weighted by molar-refractivity contribution is 0.00528. The minimum Gasteiger partial charge on any atom is -0.375 e. The van der Waals surface area contributed by atoms with Crippen molar-refractivity contribution in [2.75, 3.05) is 26.2 Å². The third-order valence-corrected chi connectivity index (χ3v) is 3.88. The molecule has 1 aliphatic heterocycles. The van der Waals surface area contributed by atoms with Crippen LogP contribution in [0.5, 0.6) is 0 Å². The molecule has 3 unspecified atom stereocenters. The van der Waals surface area contributed by atoms with Crippen molar-refractivity contribution in [3.8, 4) is 0 Å². The first-order valence-corrected chi connectivity index (χ1v) is 6.81. The maximum absolute atomic E-state index is 6.04. The van der Waals surface area contributed by atoms with Gasteiger partial charge in [-0.25, -0.2) is 0 Å². The van der Waals surface area contributed by atoms with Crippen LogP contribution in [-0.4, -0.2) is 43.2 Å². The number of halogens is 1. The van der Waals surface area contributed by atoms with Gasteiger partial charge < -0.3 is 15.4 Å². The quantitative estimate of drug-likeness (QED) is 0.462. The molecule has 3 atom stereocenters. The molecular weight excluding hydrogens is 341 g/mol. The van der Waals surface area contributed by atoms with Crippen molar-refractivity contribution in [1.82, 2.24) is 4.90 Å². The summed E-state index contributed by atoms with van der Waals surface area (Å²) in [7, 11) is 0. The van der Waals surface area contributed by atoms with E-state index in [0.717, 1.165) is 38.1 Å². The lowest BCUT2D eigenvalue weighted by atomic mass is 10.1. The molecule has 4 nitrogen and oxygen atoms in total. The van der Waals surface area contributed by atoms with E-state index in [1.807, 2.05) is 0 Å². The molecule has 2 N–H and O–H groups in total. The Morgan fingerprint density at radius 2 is 2.17 bits per heavy atom. The molecule has 2 fully saturated rings. The minimum atomic E-state index is 0. The van der Waals surface area contributed by atoms with Gasteiger partial charge in [0.2, 0.25) is 0 Å². The number of aliphatic imine (C=N–C) groups is 1. The first kappa shape index (κ1) is 16.0. The summed E-state index contributed by atoms with van der Waals surface area (Å²) in [4.78, 5) is 6.71. The second-order valence-electron chi connectivity index (χ2n) is 5.61. The molecule has 1 saturated carbocycles. The van der Waals surface area contributed by atoms with E-state index >= 15 is 0 Å². The molecule has 0 amide bonds. The Morgan fingerprint density at radius 1 is 1.39 bits per heavy atom. The van der Waals surface area contributed by atoms with Crippen LogP contribution in [0.3, 0.4) is 0 Å². The zero-order chi connectivity index (χ0) is 12.3. The maximum Gasteiger partial charge on any atom is 0.191 e. The Kier molecular flexibility index (Phi) is 6.70. The Bertz CT molecular complexity index is 285. The van der Waals surface area contributed by atoms with Crippen LogP contribution in [0.15, 0.2) is 4.99 Å². The highest BCUT2D eigenvalue weighted by Crippen LogP contribution is 2.30. The number of hydrogen-bond donors (Lipinski definition) is 1. The predicted molar refractivity (Wildman–Crippen MR) is 85.4 cm³/mol. The Hall–Kier alpha value is -0.0400. The summed E-state index contributed by atoms with van der Waals surface area (Å²) in [5, 5.41) is 0. The summed E-state index contributed by atoms with van der Waals surface area (Å²) in [6, 6.07) is 0. The van der Waals surface area contributed by atoms with Gasteiger partial charge in [-0.1, -0.05) is 13.3 Å². The van der Waals surface area contributed by atoms with Gasteiger partial charge in [0.25, 0.3) is 0 Å². The van der Waals surface area contributed by atoms with E-state index in [0.29, 0.717) is 5.96 Å². The van der Waals surface area contributed by atoms with Crippen molar-refractivity contribution < 1.29 is 4.74 Å². The maximum atomic E-state index is 6.04. The fourth-order valence-corrected chi connectivity index (χ4v) is 2.84. The summed E-state index contributed by atoms with van der Waals surface area (Å²) in [6.45, 7) is 7.83. The topological polar surface area (TPSA) is 50.8 Å².